The van der Waals surface area contributed by atoms with E-state index in [0.717, 1.165) is 0 Å². The van der Waals surface area contributed by atoms with Crippen LogP contribution in [0.1, 0.15) is 12.7 Å². The first-order valence-electron chi connectivity index (χ1n) is 5.60. The van der Waals surface area contributed by atoms with Gasteiger partial charge >= 0.3 is 0 Å². The number of imidazole rings is 1. The molecule has 0 saturated heterocycles. The molecule has 2 rings (SSSR count). The van der Waals surface area contributed by atoms with Gasteiger partial charge in [0, 0.05) is 18.9 Å². The average molecular weight is 273 g/mol. The molecule has 0 aromatic carbocycles. The Morgan fingerprint density at radius 1 is 1.58 bits per heavy atom. The molecule has 2 unspecified atom stereocenters. The zero-order chi connectivity index (χ0) is 14.0. The SMILES string of the molecule is Nc1nc2nc[nH]c2c(=O)n1C(F)CC(CO)CF. The normalized spacial score (nSPS) is 14.7. The Bertz CT molecular complexity index is 622. The minimum atomic E-state index is -1.86. The third-order valence-electron chi connectivity index (χ3n) is 2.80. The number of H-pyrrole nitrogens is 1. The van der Waals surface area contributed by atoms with Crippen LogP contribution in [0.3, 0.4) is 0 Å². The molecule has 0 radical (unpaired) electrons. The van der Waals surface area contributed by atoms with Gasteiger partial charge in [-0.25, -0.2) is 13.9 Å². The van der Waals surface area contributed by atoms with Crippen LogP contribution in [0.4, 0.5) is 14.7 Å². The molecular formula is C10H13F2N5O2. The second kappa shape index (κ2) is 5.31. The van der Waals surface area contributed by atoms with Crippen LogP contribution < -0.4 is 11.3 Å². The first-order chi connectivity index (χ1) is 9.08. The fraction of sp³-hybridized carbons (Fsp3) is 0.500. The zero-order valence-corrected chi connectivity index (χ0v) is 9.88. The second-order valence-corrected chi connectivity index (χ2v) is 4.12. The topological polar surface area (TPSA) is 110 Å². The van der Waals surface area contributed by atoms with Crippen LogP contribution in [-0.4, -0.2) is 37.9 Å². The number of nitrogen functional groups attached to an aromatic ring is 1. The Morgan fingerprint density at radius 2 is 2.32 bits per heavy atom. The molecule has 4 N–H and O–H groups in total. The van der Waals surface area contributed by atoms with Crippen molar-refractivity contribution in [3.05, 3.63) is 16.7 Å². The van der Waals surface area contributed by atoms with Crippen molar-refractivity contribution in [1.29, 1.82) is 0 Å². The Hall–Kier alpha value is -2.03. The van der Waals surface area contributed by atoms with Crippen LogP contribution in [0.15, 0.2) is 11.1 Å². The Labute approximate surface area is 106 Å². The predicted octanol–water partition coefficient (Wildman–Crippen LogP) is 0.138. The monoisotopic (exact) mass is 273 g/mol. The molecule has 0 bridgehead atoms. The van der Waals surface area contributed by atoms with Gasteiger partial charge in [0.2, 0.25) is 5.95 Å². The number of fused-ring (bicyclic) bond motifs is 1. The maximum Gasteiger partial charge on any atom is 0.283 e. The molecule has 9 heteroatoms. The van der Waals surface area contributed by atoms with Gasteiger partial charge in [0.1, 0.15) is 0 Å². The van der Waals surface area contributed by atoms with E-state index in [9.17, 15) is 13.6 Å². The molecule has 0 saturated carbocycles. The molecule has 0 aliphatic carbocycles. The highest BCUT2D eigenvalue weighted by Gasteiger charge is 2.22. The number of aromatic amines is 1. The van der Waals surface area contributed by atoms with E-state index in [1.54, 1.807) is 0 Å². The Morgan fingerprint density at radius 3 is 2.95 bits per heavy atom. The van der Waals surface area contributed by atoms with Crippen molar-refractivity contribution in [2.45, 2.75) is 12.7 Å². The van der Waals surface area contributed by atoms with Crippen LogP contribution in [-0.2, 0) is 0 Å². The summed E-state index contributed by atoms with van der Waals surface area (Å²) in [4.78, 5) is 22.1. The number of halogens is 2. The molecule has 0 aliphatic rings. The molecule has 19 heavy (non-hydrogen) atoms. The van der Waals surface area contributed by atoms with E-state index in [2.05, 4.69) is 15.0 Å². The lowest BCUT2D eigenvalue weighted by Crippen LogP contribution is -2.28. The van der Waals surface area contributed by atoms with Gasteiger partial charge in [-0.3, -0.25) is 9.18 Å². The number of aliphatic hydroxyl groups excluding tert-OH is 1. The number of nitrogens with two attached hydrogens (primary N) is 1. The van der Waals surface area contributed by atoms with Crippen molar-refractivity contribution < 1.29 is 13.9 Å². The highest BCUT2D eigenvalue weighted by atomic mass is 19.1. The van der Waals surface area contributed by atoms with Crippen LogP contribution in [0.2, 0.25) is 0 Å². The summed E-state index contributed by atoms with van der Waals surface area (Å²) in [6.07, 6.45) is -0.979. The lowest BCUT2D eigenvalue weighted by Gasteiger charge is -2.17. The third kappa shape index (κ3) is 2.41. The maximum atomic E-state index is 14.0. The van der Waals surface area contributed by atoms with Gasteiger partial charge in [-0.2, -0.15) is 4.98 Å². The van der Waals surface area contributed by atoms with Gasteiger partial charge in [-0.15, -0.1) is 0 Å². The number of hydrogen-bond donors (Lipinski definition) is 3. The van der Waals surface area contributed by atoms with Crippen molar-refractivity contribution in [2.24, 2.45) is 5.92 Å². The quantitative estimate of drug-likeness (QED) is 0.717. The molecule has 2 aromatic rings. The van der Waals surface area contributed by atoms with Crippen molar-refractivity contribution >= 4 is 17.1 Å². The van der Waals surface area contributed by atoms with Crippen molar-refractivity contribution in [3.8, 4) is 0 Å². The van der Waals surface area contributed by atoms with Crippen molar-refractivity contribution in [2.75, 3.05) is 19.0 Å². The molecule has 2 atom stereocenters. The van der Waals surface area contributed by atoms with E-state index in [-0.39, 0.29) is 23.5 Å². The summed E-state index contributed by atoms with van der Waals surface area (Å²) in [5.41, 5.74) is 4.91. The van der Waals surface area contributed by atoms with Crippen LogP contribution in [0, 0.1) is 5.92 Å². The molecule has 0 spiro atoms. The number of alkyl halides is 2. The fourth-order valence-corrected chi connectivity index (χ4v) is 1.75. The van der Waals surface area contributed by atoms with Gasteiger partial charge < -0.3 is 15.8 Å². The molecule has 7 nitrogen and oxygen atoms in total. The summed E-state index contributed by atoms with van der Waals surface area (Å²) in [5, 5.41) is 8.84. The predicted molar refractivity (Wildman–Crippen MR) is 63.9 cm³/mol. The number of aliphatic hydroxyl groups is 1. The summed E-state index contributed by atoms with van der Waals surface area (Å²) in [5.74, 6) is -1.23. The fourth-order valence-electron chi connectivity index (χ4n) is 1.75. The Balaban J connectivity index is 2.41. The first kappa shape index (κ1) is 13.4. The number of nitrogens with zero attached hydrogens (tertiary/aromatic N) is 3. The van der Waals surface area contributed by atoms with Gasteiger partial charge in [-0.05, 0) is 0 Å². The second-order valence-electron chi connectivity index (χ2n) is 4.12. The van der Waals surface area contributed by atoms with Crippen molar-refractivity contribution in [3.63, 3.8) is 0 Å². The van der Waals surface area contributed by atoms with Gasteiger partial charge in [-0.1, -0.05) is 0 Å². The summed E-state index contributed by atoms with van der Waals surface area (Å²) in [6, 6.07) is 0. The lowest BCUT2D eigenvalue weighted by molar-refractivity contribution is 0.124. The van der Waals surface area contributed by atoms with Gasteiger partial charge in [0.15, 0.2) is 17.5 Å². The van der Waals surface area contributed by atoms with Crippen molar-refractivity contribution in [1.82, 2.24) is 19.5 Å². The van der Waals surface area contributed by atoms with Crippen LogP contribution >= 0.6 is 0 Å². The van der Waals surface area contributed by atoms with E-state index in [1.807, 2.05) is 0 Å². The first-order valence-corrected chi connectivity index (χ1v) is 5.60. The molecule has 0 amide bonds. The Kier molecular flexibility index (Phi) is 3.74. The molecule has 0 fully saturated rings. The van der Waals surface area contributed by atoms with E-state index in [1.165, 1.54) is 6.33 Å². The lowest BCUT2D eigenvalue weighted by atomic mass is 10.1. The smallest absolute Gasteiger partial charge is 0.283 e. The van der Waals surface area contributed by atoms with E-state index >= 15 is 0 Å². The van der Waals surface area contributed by atoms with Crippen LogP contribution in [0.5, 0.6) is 0 Å². The molecule has 104 valence electrons. The number of aromatic nitrogens is 4. The largest absolute Gasteiger partial charge is 0.396 e. The van der Waals surface area contributed by atoms with E-state index in [0.29, 0.717) is 4.57 Å². The zero-order valence-electron chi connectivity index (χ0n) is 9.88. The van der Waals surface area contributed by atoms with Gasteiger partial charge in [0.05, 0.1) is 13.0 Å². The standard InChI is InChI=1S/C10H13F2N5O2/c11-2-5(3-18)1-6(12)17-9(19)7-8(15-4-14-7)16-10(17)13/h4-6,18H,1-3H2,(H2,13,16)(H,14,15). The third-order valence-corrected chi connectivity index (χ3v) is 2.80. The summed E-state index contributed by atoms with van der Waals surface area (Å²) >= 11 is 0. The van der Waals surface area contributed by atoms with Gasteiger partial charge in [0.25, 0.3) is 5.56 Å². The number of rotatable bonds is 5. The molecular weight excluding hydrogens is 260 g/mol. The number of nitrogens with one attached hydrogen (secondary N) is 1. The van der Waals surface area contributed by atoms with E-state index < -0.39 is 31.1 Å². The highest BCUT2D eigenvalue weighted by Crippen LogP contribution is 2.21. The average Bonchev–Trinajstić information content (AvgIpc) is 2.84. The molecule has 2 aromatic heterocycles. The molecule has 2 heterocycles. The minimum absolute atomic E-state index is 0.0256. The molecule has 0 aliphatic heterocycles. The number of anilines is 1. The van der Waals surface area contributed by atoms with E-state index in [4.69, 9.17) is 10.8 Å². The number of hydrogen-bond acceptors (Lipinski definition) is 5. The summed E-state index contributed by atoms with van der Waals surface area (Å²) in [6.45, 7) is -1.39. The minimum Gasteiger partial charge on any atom is -0.396 e. The highest BCUT2D eigenvalue weighted by molar-refractivity contribution is 5.69. The summed E-state index contributed by atoms with van der Waals surface area (Å²) in [7, 11) is 0. The maximum absolute atomic E-state index is 14.0. The van der Waals surface area contributed by atoms with Crippen LogP contribution in [0.25, 0.3) is 11.2 Å². The summed E-state index contributed by atoms with van der Waals surface area (Å²) < 4.78 is 27.1.